The second-order valence-corrected chi connectivity index (χ2v) is 6.77. The molecular formula is C21H23FN4O. The Labute approximate surface area is 159 Å². The summed E-state index contributed by atoms with van der Waals surface area (Å²) in [5, 5.41) is 11.5. The van der Waals surface area contributed by atoms with E-state index in [2.05, 4.69) is 21.2 Å². The molecular weight excluding hydrogens is 343 g/mol. The molecule has 0 aliphatic carbocycles. The van der Waals surface area contributed by atoms with Gasteiger partial charge < -0.3 is 5.32 Å². The zero-order chi connectivity index (χ0) is 19.2. The van der Waals surface area contributed by atoms with Crippen molar-refractivity contribution in [2.75, 3.05) is 31.5 Å². The van der Waals surface area contributed by atoms with E-state index >= 15 is 0 Å². The minimum absolute atomic E-state index is 0.194. The first kappa shape index (κ1) is 19.0. The summed E-state index contributed by atoms with van der Waals surface area (Å²) >= 11 is 0. The van der Waals surface area contributed by atoms with Crippen molar-refractivity contribution in [1.82, 2.24) is 9.80 Å². The van der Waals surface area contributed by atoms with Gasteiger partial charge in [0.1, 0.15) is 5.82 Å². The average Bonchev–Trinajstić information content (AvgIpc) is 2.70. The van der Waals surface area contributed by atoms with Gasteiger partial charge in [-0.3, -0.25) is 14.6 Å². The lowest BCUT2D eigenvalue weighted by atomic mass is 10.1. The number of para-hydroxylation sites is 1. The van der Waals surface area contributed by atoms with Crippen molar-refractivity contribution in [2.24, 2.45) is 0 Å². The van der Waals surface area contributed by atoms with E-state index in [1.807, 2.05) is 31.2 Å². The summed E-state index contributed by atoms with van der Waals surface area (Å²) in [5.41, 5.74) is 2.06. The fourth-order valence-electron chi connectivity index (χ4n) is 3.22. The van der Waals surface area contributed by atoms with Gasteiger partial charge in [-0.1, -0.05) is 24.3 Å². The number of hydrogen-bond donors (Lipinski definition) is 1. The molecule has 1 heterocycles. The lowest BCUT2D eigenvalue weighted by Gasteiger charge is -2.37. The molecule has 140 valence electrons. The highest BCUT2D eigenvalue weighted by atomic mass is 19.1. The van der Waals surface area contributed by atoms with Gasteiger partial charge in [-0.2, -0.15) is 5.26 Å². The second-order valence-electron chi connectivity index (χ2n) is 6.77. The molecule has 0 radical (unpaired) electrons. The van der Waals surface area contributed by atoms with Crippen molar-refractivity contribution in [3.63, 3.8) is 0 Å². The van der Waals surface area contributed by atoms with Gasteiger partial charge in [0.15, 0.2) is 0 Å². The van der Waals surface area contributed by atoms with Gasteiger partial charge in [-0.15, -0.1) is 0 Å². The molecule has 3 rings (SSSR count). The number of piperazine rings is 1. The molecule has 1 aliphatic heterocycles. The zero-order valence-electron chi connectivity index (χ0n) is 15.4. The van der Waals surface area contributed by atoms with Crippen LogP contribution in [0.3, 0.4) is 0 Å². The topological polar surface area (TPSA) is 59.4 Å². The number of anilines is 1. The number of carbonyl (C=O) groups excluding carboxylic acids is 1. The van der Waals surface area contributed by atoms with Gasteiger partial charge in [0.2, 0.25) is 5.91 Å². The minimum atomic E-state index is -0.426. The van der Waals surface area contributed by atoms with Crippen LogP contribution in [0.2, 0.25) is 0 Å². The second kappa shape index (κ2) is 8.76. The molecule has 6 heteroatoms. The number of nitriles is 1. The standard InChI is InChI=1S/C21H23FN4O/c1-16(21(27)24-20-5-3-2-4-19(20)22)26-12-10-25(11-13-26)15-18-8-6-17(14-23)7-9-18/h2-9,16H,10-13,15H2,1H3,(H,24,27)/t16-/m1/s1. The van der Waals surface area contributed by atoms with Crippen molar-refractivity contribution >= 4 is 11.6 Å². The Morgan fingerprint density at radius 2 is 1.81 bits per heavy atom. The maximum absolute atomic E-state index is 13.7. The van der Waals surface area contributed by atoms with E-state index in [1.165, 1.54) is 11.6 Å². The Morgan fingerprint density at radius 1 is 1.15 bits per heavy atom. The van der Waals surface area contributed by atoms with Crippen molar-refractivity contribution in [3.05, 3.63) is 65.5 Å². The van der Waals surface area contributed by atoms with Crippen LogP contribution in [-0.4, -0.2) is 47.9 Å². The van der Waals surface area contributed by atoms with Crippen LogP contribution < -0.4 is 5.32 Å². The number of carbonyl (C=O) groups is 1. The first-order valence-electron chi connectivity index (χ1n) is 9.07. The number of amides is 1. The van der Waals surface area contributed by atoms with E-state index in [0.717, 1.165) is 32.7 Å². The molecule has 0 saturated carbocycles. The van der Waals surface area contributed by atoms with Gasteiger partial charge >= 0.3 is 0 Å². The van der Waals surface area contributed by atoms with Crippen LogP contribution in [0, 0.1) is 17.1 Å². The number of halogens is 1. The highest BCUT2D eigenvalue weighted by molar-refractivity contribution is 5.94. The van der Waals surface area contributed by atoms with E-state index in [4.69, 9.17) is 5.26 Å². The maximum Gasteiger partial charge on any atom is 0.241 e. The molecule has 0 bridgehead atoms. The largest absolute Gasteiger partial charge is 0.322 e. The molecule has 0 unspecified atom stereocenters. The maximum atomic E-state index is 13.7. The van der Waals surface area contributed by atoms with Crippen molar-refractivity contribution in [3.8, 4) is 6.07 Å². The molecule has 1 amide bonds. The summed E-state index contributed by atoms with van der Waals surface area (Å²) in [7, 11) is 0. The Morgan fingerprint density at radius 3 is 2.44 bits per heavy atom. The lowest BCUT2D eigenvalue weighted by Crippen LogP contribution is -2.52. The molecule has 27 heavy (non-hydrogen) atoms. The summed E-state index contributed by atoms with van der Waals surface area (Å²) < 4.78 is 13.7. The highest BCUT2D eigenvalue weighted by Crippen LogP contribution is 2.15. The van der Waals surface area contributed by atoms with Crippen molar-refractivity contribution < 1.29 is 9.18 Å². The first-order chi connectivity index (χ1) is 13.1. The van der Waals surface area contributed by atoms with Crippen LogP contribution in [-0.2, 0) is 11.3 Å². The number of nitrogens with zero attached hydrogens (tertiary/aromatic N) is 3. The summed E-state index contributed by atoms with van der Waals surface area (Å²) in [6, 6.07) is 15.6. The van der Waals surface area contributed by atoms with Crippen LogP contribution in [0.4, 0.5) is 10.1 Å². The van der Waals surface area contributed by atoms with Crippen LogP contribution in [0.5, 0.6) is 0 Å². The van der Waals surface area contributed by atoms with E-state index < -0.39 is 5.82 Å². The van der Waals surface area contributed by atoms with Crippen molar-refractivity contribution in [1.29, 1.82) is 5.26 Å². The Balaban J connectivity index is 1.49. The predicted octanol–water partition coefficient (Wildman–Crippen LogP) is 2.84. The van der Waals surface area contributed by atoms with Gasteiger partial charge in [0.25, 0.3) is 0 Å². The normalized spacial score (nSPS) is 16.5. The molecule has 1 N–H and O–H groups in total. The van der Waals surface area contributed by atoms with Gasteiger partial charge in [-0.25, -0.2) is 4.39 Å². The Bertz CT molecular complexity index is 823. The lowest BCUT2D eigenvalue weighted by molar-refractivity contribution is -0.121. The third-order valence-electron chi connectivity index (χ3n) is 4.95. The molecule has 1 fully saturated rings. The van der Waals surface area contributed by atoms with E-state index in [-0.39, 0.29) is 17.6 Å². The fraction of sp³-hybridized carbons (Fsp3) is 0.333. The monoisotopic (exact) mass is 366 g/mol. The summed E-state index contributed by atoms with van der Waals surface area (Å²) in [6.07, 6.45) is 0. The van der Waals surface area contributed by atoms with Crippen LogP contribution in [0.15, 0.2) is 48.5 Å². The average molecular weight is 366 g/mol. The number of nitrogens with one attached hydrogen (secondary N) is 1. The third-order valence-corrected chi connectivity index (χ3v) is 4.95. The molecule has 5 nitrogen and oxygen atoms in total. The summed E-state index contributed by atoms with van der Waals surface area (Å²) in [6.45, 7) is 5.96. The van der Waals surface area contributed by atoms with E-state index in [9.17, 15) is 9.18 Å². The highest BCUT2D eigenvalue weighted by Gasteiger charge is 2.26. The number of benzene rings is 2. The van der Waals surface area contributed by atoms with Gasteiger partial charge in [0, 0.05) is 32.7 Å². The molecule has 1 aliphatic rings. The first-order valence-corrected chi connectivity index (χ1v) is 9.07. The Hall–Kier alpha value is -2.75. The van der Waals surface area contributed by atoms with Gasteiger partial charge in [-0.05, 0) is 36.8 Å². The fourth-order valence-corrected chi connectivity index (χ4v) is 3.22. The molecule has 1 saturated heterocycles. The molecule has 2 aromatic carbocycles. The zero-order valence-corrected chi connectivity index (χ0v) is 15.4. The summed E-state index contributed by atoms with van der Waals surface area (Å²) in [5.74, 6) is -0.620. The smallest absolute Gasteiger partial charge is 0.241 e. The molecule has 2 aromatic rings. The van der Waals surface area contributed by atoms with Crippen LogP contribution in [0.25, 0.3) is 0 Å². The van der Waals surface area contributed by atoms with Gasteiger partial charge in [0.05, 0.1) is 23.4 Å². The van der Waals surface area contributed by atoms with E-state index in [0.29, 0.717) is 5.56 Å². The van der Waals surface area contributed by atoms with Crippen LogP contribution in [0.1, 0.15) is 18.1 Å². The molecule has 1 atom stereocenters. The number of rotatable bonds is 5. The third kappa shape index (κ3) is 4.91. The van der Waals surface area contributed by atoms with Crippen LogP contribution >= 0.6 is 0 Å². The number of hydrogen-bond acceptors (Lipinski definition) is 4. The molecule has 0 aromatic heterocycles. The van der Waals surface area contributed by atoms with E-state index in [1.54, 1.807) is 18.2 Å². The SMILES string of the molecule is C[C@H](C(=O)Nc1ccccc1F)N1CCN(Cc2ccc(C#N)cc2)CC1. The molecule has 0 spiro atoms. The summed E-state index contributed by atoms with van der Waals surface area (Å²) in [4.78, 5) is 16.9. The predicted molar refractivity (Wildman–Crippen MR) is 102 cm³/mol. The quantitative estimate of drug-likeness (QED) is 0.884. The Kier molecular flexibility index (Phi) is 6.17. The minimum Gasteiger partial charge on any atom is -0.322 e. The van der Waals surface area contributed by atoms with Crippen molar-refractivity contribution in [2.45, 2.75) is 19.5 Å².